The van der Waals surface area contributed by atoms with E-state index < -0.39 is 23.6 Å². The van der Waals surface area contributed by atoms with Crippen molar-refractivity contribution in [3.05, 3.63) is 64.7 Å². The van der Waals surface area contributed by atoms with Crippen molar-refractivity contribution in [1.29, 1.82) is 0 Å². The zero-order chi connectivity index (χ0) is 26.7. The van der Waals surface area contributed by atoms with Crippen LogP contribution in [-0.4, -0.2) is 48.6 Å². The minimum absolute atomic E-state index is 0.0195. The molecule has 0 fully saturated rings. The van der Waals surface area contributed by atoms with Crippen LogP contribution in [0.15, 0.2) is 48.5 Å². The van der Waals surface area contributed by atoms with E-state index in [-0.39, 0.29) is 25.0 Å². The second-order valence-corrected chi connectivity index (χ2v) is 9.05. The van der Waals surface area contributed by atoms with Gasteiger partial charge in [0.1, 0.15) is 11.9 Å². The Balaban J connectivity index is 1.87. The lowest BCUT2D eigenvalue weighted by atomic mass is 10.0. The van der Waals surface area contributed by atoms with Gasteiger partial charge in [-0.15, -0.1) is 0 Å². The van der Waals surface area contributed by atoms with Crippen molar-refractivity contribution in [1.82, 2.24) is 0 Å². The van der Waals surface area contributed by atoms with E-state index in [4.69, 9.17) is 30.5 Å². The van der Waals surface area contributed by atoms with Gasteiger partial charge < -0.3 is 18.9 Å². The van der Waals surface area contributed by atoms with Gasteiger partial charge in [0.15, 0.2) is 11.4 Å². The second-order valence-electron chi connectivity index (χ2n) is 8.61. The molecule has 0 N–H and O–H groups in total. The van der Waals surface area contributed by atoms with Crippen molar-refractivity contribution in [2.45, 2.75) is 58.7 Å². The maximum Gasteiger partial charge on any atom is 0.349 e. The van der Waals surface area contributed by atoms with Crippen LogP contribution >= 0.6 is 11.6 Å². The highest BCUT2D eigenvalue weighted by molar-refractivity contribution is 6.30. The number of rotatable bonds is 13. The van der Waals surface area contributed by atoms with Crippen molar-refractivity contribution in [3.63, 3.8) is 0 Å². The third kappa shape index (κ3) is 9.70. The van der Waals surface area contributed by atoms with Gasteiger partial charge in [-0.3, -0.25) is 14.4 Å². The number of hydrogen-bond donors (Lipinski definition) is 0. The van der Waals surface area contributed by atoms with Gasteiger partial charge in [0.25, 0.3) is 0 Å². The lowest BCUT2D eigenvalue weighted by Crippen LogP contribution is -2.40. The number of halogens is 1. The quantitative estimate of drug-likeness (QED) is 0.159. The zero-order valence-corrected chi connectivity index (χ0v) is 21.6. The van der Waals surface area contributed by atoms with E-state index in [1.165, 1.54) is 13.8 Å². The first kappa shape index (κ1) is 28.8. The van der Waals surface area contributed by atoms with Crippen LogP contribution in [0.2, 0.25) is 5.02 Å². The largest absolute Gasteiger partial charge is 0.476 e. The predicted octanol–water partition coefficient (Wildman–Crippen LogP) is 4.94. The van der Waals surface area contributed by atoms with E-state index in [0.717, 1.165) is 0 Å². The fourth-order valence-electron chi connectivity index (χ4n) is 3.26. The monoisotopic (exact) mass is 518 g/mol. The summed E-state index contributed by atoms with van der Waals surface area (Å²) in [5.74, 6) is -1.18. The van der Waals surface area contributed by atoms with Crippen LogP contribution in [0.5, 0.6) is 5.75 Å². The zero-order valence-electron chi connectivity index (χ0n) is 20.9. The highest BCUT2D eigenvalue weighted by Crippen LogP contribution is 2.22. The van der Waals surface area contributed by atoms with Gasteiger partial charge in [-0.05, 0) is 75.2 Å². The summed E-state index contributed by atoms with van der Waals surface area (Å²) < 4.78 is 21.3. The Bertz CT molecular complexity index is 1040. The van der Waals surface area contributed by atoms with Crippen molar-refractivity contribution in [2.24, 2.45) is 0 Å². The summed E-state index contributed by atoms with van der Waals surface area (Å²) in [5.41, 5.74) is -0.320. The van der Waals surface area contributed by atoms with E-state index in [2.05, 4.69) is 0 Å². The molecule has 2 aromatic rings. The van der Waals surface area contributed by atoms with Gasteiger partial charge in [0, 0.05) is 36.4 Å². The molecule has 2 aromatic carbocycles. The number of hydrogen-bond acceptors (Lipinski definition) is 8. The Kier molecular flexibility index (Phi) is 10.9. The molecule has 0 aliphatic heterocycles. The van der Waals surface area contributed by atoms with Crippen LogP contribution in [-0.2, 0) is 28.6 Å². The highest BCUT2D eigenvalue weighted by atomic mass is 35.5. The van der Waals surface area contributed by atoms with Gasteiger partial charge in [0.05, 0.1) is 13.2 Å². The van der Waals surface area contributed by atoms with Crippen LogP contribution in [0, 0.1) is 0 Å². The van der Waals surface area contributed by atoms with Crippen molar-refractivity contribution in [3.8, 4) is 5.75 Å². The fraction of sp³-hybridized carbons (Fsp3) is 0.407. The smallest absolute Gasteiger partial charge is 0.349 e. The molecule has 0 aliphatic carbocycles. The Morgan fingerprint density at radius 3 is 1.94 bits per heavy atom. The molecule has 0 radical (unpaired) electrons. The minimum atomic E-state index is -1.30. The average Bonchev–Trinajstić information content (AvgIpc) is 2.81. The maximum absolute atomic E-state index is 12.6. The molecule has 0 unspecified atom stereocenters. The summed E-state index contributed by atoms with van der Waals surface area (Å²) in [5, 5.41) is 0.547. The van der Waals surface area contributed by atoms with Crippen LogP contribution in [0.1, 0.15) is 62.9 Å². The number of ether oxygens (including phenoxy) is 4. The normalized spacial score (nSPS) is 11.8. The van der Waals surface area contributed by atoms with Gasteiger partial charge in [0.2, 0.25) is 0 Å². The SMILES string of the molecule is CC(=O)OCCC[C@H](CCOC(=O)C(C)(C)Oc1ccc(C(=O)c2ccc(Cl)cc2)cc1)OC(C)=O. The first-order valence-corrected chi connectivity index (χ1v) is 11.9. The number of esters is 3. The third-order valence-electron chi connectivity index (χ3n) is 5.07. The Morgan fingerprint density at radius 1 is 0.806 bits per heavy atom. The maximum atomic E-state index is 12.6. The van der Waals surface area contributed by atoms with Crippen LogP contribution in [0.25, 0.3) is 0 Å². The molecule has 194 valence electrons. The fourth-order valence-corrected chi connectivity index (χ4v) is 3.39. The molecule has 0 saturated carbocycles. The summed E-state index contributed by atoms with van der Waals surface area (Å²) in [6.07, 6.45) is 0.797. The summed E-state index contributed by atoms with van der Waals surface area (Å²) in [4.78, 5) is 47.4. The Labute approximate surface area is 215 Å². The summed E-state index contributed by atoms with van der Waals surface area (Å²) >= 11 is 5.87. The molecular weight excluding hydrogens is 488 g/mol. The summed E-state index contributed by atoms with van der Waals surface area (Å²) in [6, 6.07) is 13.1. The van der Waals surface area contributed by atoms with Gasteiger partial charge >= 0.3 is 17.9 Å². The van der Waals surface area contributed by atoms with E-state index in [9.17, 15) is 19.2 Å². The van der Waals surface area contributed by atoms with Crippen LogP contribution in [0.4, 0.5) is 0 Å². The van der Waals surface area contributed by atoms with Crippen molar-refractivity contribution in [2.75, 3.05) is 13.2 Å². The molecule has 0 aromatic heterocycles. The molecule has 8 nitrogen and oxygen atoms in total. The molecule has 2 rings (SSSR count). The van der Waals surface area contributed by atoms with E-state index in [0.29, 0.717) is 41.2 Å². The number of carbonyl (C=O) groups is 4. The number of ketones is 1. The van der Waals surface area contributed by atoms with Crippen LogP contribution in [0.3, 0.4) is 0 Å². The predicted molar refractivity (Wildman–Crippen MR) is 133 cm³/mol. The van der Waals surface area contributed by atoms with E-state index >= 15 is 0 Å². The Morgan fingerprint density at radius 2 is 1.39 bits per heavy atom. The average molecular weight is 519 g/mol. The van der Waals surface area contributed by atoms with Gasteiger partial charge in [-0.1, -0.05) is 11.6 Å². The third-order valence-corrected chi connectivity index (χ3v) is 5.32. The number of benzene rings is 2. The molecule has 0 bridgehead atoms. The van der Waals surface area contributed by atoms with Gasteiger partial charge in [-0.25, -0.2) is 4.79 Å². The summed E-state index contributed by atoms with van der Waals surface area (Å²) in [6.45, 7) is 6.01. The standard InChI is InChI=1S/C27H31ClO8/c1-18(29)33-16-5-6-23(35-19(2)30)15-17-34-26(32)27(3,4)36-24-13-9-21(10-14-24)25(31)20-7-11-22(28)12-8-20/h7-14,23H,5-6,15-17H2,1-4H3/t23-/m1/s1. The highest BCUT2D eigenvalue weighted by Gasteiger charge is 2.32. The molecular formula is C27H31ClO8. The first-order valence-electron chi connectivity index (χ1n) is 11.5. The lowest BCUT2D eigenvalue weighted by molar-refractivity contribution is -0.161. The topological polar surface area (TPSA) is 105 Å². The summed E-state index contributed by atoms with van der Waals surface area (Å²) in [7, 11) is 0. The molecule has 0 heterocycles. The number of carbonyl (C=O) groups excluding carboxylic acids is 4. The van der Waals surface area contributed by atoms with Crippen molar-refractivity contribution < 1.29 is 38.1 Å². The molecule has 0 aliphatic rings. The molecule has 9 heteroatoms. The van der Waals surface area contributed by atoms with Crippen molar-refractivity contribution >= 4 is 35.3 Å². The molecule has 36 heavy (non-hydrogen) atoms. The van der Waals surface area contributed by atoms with Gasteiger partial charge in [-0.2, -0.15) is 0 Å². The molecule has 0 amide bonds. The molecule has 0 saturated heterocycles. The first-order chi connectivity index (χ1) is 17.0. The van der Waals surface area contributed by atoms with Crippen LogP contribution < -0.4 is 4.74 Å². The molecule has 1 atom stereocenters. The second kappa shape index (κ2) is 13.6. The minimum Gasteiger partial charge on any atom is -0.476 e. The van der Waals surface area contributed by atoms with E-state index in [1.807, 2.05) is 0 Å². The molecule has 0 spiro atoms. The lowest BCUT2D eigenvalue weighted by Gasteiger charge is -2.25. The van der Waals surface area contributed by atoms with E-state index in [1.54, 1.807) is 62.4 Å². The Hall–Kier alpha value is -3.39.